The summed E-state index contributed by atoms with van der Waals surface area (Å²) in [7, 11) is 1.25. The van der Waals surface area contributed by atoms with Crippen LogP contribution in [0.5, 0.6) is 5.75 Å². The molecule has 0 radical (unpaired) electrons. The maximum Gasteiger partial charge on any atom is 0.258 e. The molecule has 0 aliphatic heterocycles. The Labute approximate surface area is 134 Å². The van der Waals surface area contributed by atoms with Crippen LogP contribution < -0.4 is 10.1 Å². The maximum absolute atomic E-state index is 13.9. The summed E-state index contributed by atoms with van der Waals surface area (Å²) in [5, 5.41) is 2.42. The van der Waals surface area contributed by atoms with Gasteiger partial charge in [0.25, 0.3) is 5.91 Å². The summed E-state index contributed by atoms with van der Waals surface area (Å²) in [5.41, 5.74) is 0.462. The molecule has 5 nitrogen and oxygen atoms in total. The second kappa shape index (κ2) is 6.23. The number of methoxy groups -OCH3 is 1. The van der Waals surface area contributed by atoms with E-state index in [1.807, 2.05) is 0 Å². The lowest BCUT2D eigenvalue weighted by Gasteiger charge is -2.10. The Morgan fingerprint density at radius 2 is 2.04 bits per heavy atom. The van der Waals surface area contributed by atoms with Crippen LogP contribution in [0.4, 0.5) is 13.2 Å². The van der Waals surface area contributed by atoms with Crippen LogP contribution in [0.1, 0.15) is 16.2 Å². The Morgan fingerprint density at radius 3 is 2.79 bits per heavy atom. The SMILES string of the molecule is COc1ccc(F)c(F)c1C(=O)NCc1nc2ccc(F)cc2[nH]1. The van der Waals surface area contributed by atoms with Crippen LogP contribution in [0.15, 0.2) is 30.3 Å². The van der Waals surface area contributed by atoms with Gasteiger partial charge >= 0.3 is 0 Å². The molecule has 0 fully saturated rings. The van der Waals surface area contributed by atoms with Crippen molar-refractivity contribution in [3.05, 3.63) is 59.2 Å². The lowest BCUT2D eigenvalue weighted by molar-refractivity contribution is 0.0941. The molecule has 24 heavy (non-hydrogen) atoms. The molecular weight excluding hydrogens is 323 g/mol. The van der Waals surface area contributed by atoms with Gasteiger partial charge in [0.15, 0.2) is 11.6 Å². The molecule has 8 heteroatoms. The highest BCUT2D eigenvalue weighted by Crippen LogP contribution is 2.23. The number of amides is 1. The van der Waals surface area contributed by atoms with Gasteiger partial charge in [-0.15, -0.1) is 0 Å². The second-order valence-electron chi connectivity index (χ2n) is 4.97. The quantitative estimate of drug-likeness (QED) is 0.770. The van der Waals surface area contributed by atoms with E-state index in [0.717, 1.165) is 12.1 Å². The molecule has 0 saturated heterocycles. The summed E-state index contributed by atoms with van der Waals surface area (Å²) in [6.07, 6.45) is 0. The molecule has 124 valence electrons. The van der Waals surface area contributed by atoms with E-state index >= 15 is 0 Å². The zero-order chi connectivity index (χ0) is 17.3. The summed E-state index contributed by atoms with van der Waals surface area (Å²) < 4.78 is 45.2. The molecule has 1 aromatic heterocycles. The van der Waals surface area contributed by atoms with Crippen molar-refractivity contribution < 1.29 is 22.7 Å². The minimum absolute atomic E-state index is 0.0752. The van der Waals surface area contributed by atoms with Crippen molar-refractivity contribution in [1.29, 1.82) is 0 Å². The highest BCUT2D eigenvalue weighted by molar-refractivity contribution is 5.97. The van der Waals surface area contributed by atoms with Crippen LogP contribution in [0.25, 0.3) is 11.0 Å². The van der Waals surface area contributed by atoms with Gasteiger partial charge in [0.05, 0.1) is 24.7 Å². The molecule has 0 bridgehead atoms. The highest BCUT2D eigenvalue weighted by atomic mass is 19.2. The standard InChI is InChI=1S/C16H12F3N3O2/c1-24-12-5-3-9(18)15(19)14(12)16(23)20-7-13-21-10-4-2-8(17)6-11(10)22-13/h2-6H,7H2,1H3,(H,20,23)(H,21,22). The number of hydrogen-bond acceptors (Lipinski definition) is 3. The number of carbonyl (C=O) groups excluding carboxylic acids is 1. The third kappa shape index (κ3) is 2.90. The molecule has 0 spiro atoms. The number of H-pyrrole nitrogens is 1. The summed E-state index contributed by atoms with van der Waals surface area (Å²) in [5.74, 6) is -3.46. The number of aromatic nitrogens is 2. The number of rotatable bonds is 4. The number of carbonyl (C=O) groups is 1. The first-order chi connectivity index (χ1) is 11.5. The molecular formula is C16H12F3N3O2. The Morgan fingerprint density at radius 1 is 1.25 bits per heavy atom. The number of nitrogens with one attached hydrogen (secondary N) is 2. The summed E-state index contributed by atoms with van der Waals surface area (Å²) in [6, 6.07) is 6.05. The van der Waals surface area contributed by atoms with Crippen molar-refractivity contribution in [3.8, 4) is 5.75 Å². The average Bonchev–Trinajstić information content (AvgIpc) is 2.97. The normalized spacial score (nSPS) is 10.8. The average molecular weight is 335 g/mol. The maximum atomic E-state index is 13.9. The van der Waals surface area contributed by atoms with Crippen molar-refractivity contribution in [2.24, 2.45) is 0 Å². The largest absolute Gasteiger partial charge is 0.496 e. The molecule has 3 rings (SSSR count). The number of benzene rings is 2. The Kier molecular flexibility index (Phi) is 4.11. The summed E-state index contributed by atoms with van der Waals surface area (Å²) >= 11 is 0. The van der Waals surface area contributed by atoms with Crippen molar-refractivity contribution in [2.45, 2.75) is 6.54 Å². The van der Waals surface area contributed by atoms with E-state index in [2.05, 4.69) is 15.3 Å². The third-order valence-corrected chi connectivity index (χ3v) is 3.41. The highest BCUT2D eigenvalue weighted by Gasteiger charge is 2.21. The lowest BCUT2D eigenvalue weighted by atomic mass is 10.1. The fraction of sp³-hybridized carbons (Fsp3) is 0.125. The number of aromatic amines is 1. The monoisotopic (exact) mass is 335 g/mol. The van der Waals surface area contributed by atoms with Crippen LogP contribution >= 0.6 is 0 Å². The summed E-state index contributed by atoms with van der Waals surface area (Å²) in [4.78, 5) is 19.1. The van der Waals surface area contributed by atoms with Gasteiger partial charge < -0.3 is 15.0 Å². The van der Waals surface area contributed by atoms with E-state index in [4.69, 9.17) is 4.74 Å². The summed E-state index contributed by atoms with van der Waals surface area (Å²) in [6.45, 7) is -0.0752. The molecule has 2 N–H and O–H groups in total. The first-order valence-corrected chi connectivity index (χ1v) is 6.94. The molecule has 2 aromatic carbocycles. The van der Waals surface area contributed by atoms with E-state index in [-0.39, 0.29) is 12.3 Å². The van der Waals surface area contributed by atoms with Crippen LogP contribution in [-0.2, 0) is 6.54 Å². The third-order valence-electron chi connectivity index (χ3n) is 3.41. The smallest absolute Gasteiger partial charge is 0.258 e. The fourth-order valence-corrected chi connectivity index (χ4v) is 2.29. The topological polar surface area (TPSA) is 67.0 Å². The number of halogens is 3. The molecule has 1 heterocycles. The lowest BCUT2D eigenvalue weighted by Crippen LogP contribution is -2.25. The number of ether oxygens (including phenoxy) is 1. The van der Waals surface area contributed by atoms with Crippen molar-refractivity contribution in [3.63, 3.8) is 0 Å². The number of nitrogens with zero attached hydrogens (tertiary/aromatic N) is 1. The van der Waals surface area contributed by atoms with E-state index in [9.17, 15) is 18.0 Å². The molecule has 0 unspecified atom stereocenters. The van der Waals surface area contributed by atoms with Crippen molar-refractivity contribution in [1.82, 2.24) is 15.3 Å². The number of hydrogen-bond donors (Lipinski definition) is 2. The van der Waals surface area contributed by atoms with E-state index < -0.39 is 28.9 Å². The molecule has 0 atom stereocenters. The van der Waals surface area contributed by atoms with Crippen molar-refractivity contribution in [2.75, 3.05) is 7.11 Å². The first kappa shape index (κ1) is 15.9. The Hall–Kier alpha value is -3.03. The Balaban J connectivity index is 1.81. The van der Waals surface area contributed by atoms with Crippen LogP contribution in [0, 0.1) is 17.5 Å². The predicted molar refractivity (Wildman–Crippen MR) is 80.1 cm³/mol. The zero-order valence-electron chi connectivity index (χ0n) is 12.5. The van der Waals surface area contributed by atoms with Gasteiger partial charge in [0.1, 0.15) is 23.0 Å². The van der Waals surface area contributed by atoms with E-state index in [1.54, 1.807) is 0 Å². The number of fused-ring (bicyclic) bond motifs is 1. The van der Waals surface area contributed by atoms with Gasteiger partial charge in [-0.3, -0.25) is 4.79 Å². The van der Waals surface area contributed by atoms with Gasteiger partial charge in [-0.2, -0.15) is 0 Å². The molecule has 3 aromatic rings. The second-order valence-corrected chi connectivity index (χ2v) is 4.97. The molecule has 0 aliphatic carbocycles. The van der Waals surface area contributed by atoms with Gasteiger partial charge in [-0.25, -0.2) is 18.2 Å². The van der Waals surface area contributed by atoms with Crippen molar-refractivity contribution >= 4 is 16.9 Å². The van der Waals surface area contributed by atoms with Gasteiger partial charge in [-0.05, 0) is 30.3 Å². The molecule has 0 aliphatic rings. The van der Waals surface area contributed by atoms with Crippen LogP contribution in [0.2, 0.25) is 0 Å². The van der Waals surface area contributed by atoms with E-state index in [0.29, 0.717) is 16.9 Å². The molecule has 0 saturated carbocycles. The minimum atomic E-state index is -1.29. The predicted octanol–water partition coefficient (Wildman–Crippen LogP) is 2.92. The van der Waals surface area contributed by atoms with Crippen LogP contribution in [0.3, 0.4) is 0 Å². The van der Waals surface area contributed by atoms with Gasteiger partial charge in [-0.1, -0.05) is 0 Å². The van der Waals surface area contributed by atoms with Gasteiger partial charge in [0.2, 0.25) is 0 Å². The minimum Gasteiger partial charge on any atom is -0.496 e. The first-order valence-electron chi connectivity index (χ1n) is 6.94. The van der Waals surface area contributed by atoms with Crippen LogP contribution in [-0.4, -0.2) is 23.0 Å². The molecule has 1 amide bonds. The zero-order valence-corrected chi connectivity index (χ0v) is 12.5. The van der Waals surface area contributed by atoms with Gasteiger partial charge in [0, 0.05) is 0 Å². The Bertz CT molecular complexity index is 924. The van der Waals surface area contributed by atoms with E-state index in [1.165, 1.54) is 25.3 Å². The number of imidazole rings is 1. The fourth-order valence-electron chi connectivity index (χ4n) is 2.29.